The standard InChI is InChI=1S/C15H20N2O3/c1-17(13-5-3-2-4-6-13)14(18)11-20-15(19)12-7-9-16-10-8-12/h7-10,13H,2-6,11H2,1H3. The SMILES string of the molecule is CN(C(=O)COC(=O)c1ccncc1)C1CCCCC1. The molecular weight excluding hydrogens is 256 g/mol. The number of hydrogen-bond donors (Lipinski definition) is 0. The second-order valence-corrected chi connectivity index (χ2v) is 5.11. The van der Waals surface area contributed by atoms with E-state index in [4.69, 9.17) is 4.74 Å². The van der Waals surface area contributed by atoms with Crippen molar-refractivity contribution in [1.82, 2.24) is 9.88 Å². The Kier molecular flexibility index (Phi) is 5.09. The molecule has 1 aliphatic carbocycles. The number of carbonyl (C=O) groups is 2. The van der Waals surface area contributed by atoms with E-state index in [-0.39, 0.29) is 18.6 Å². The molecule has 0 N–H and O–H groups in total. The number of likely N-dealkylation sites (N-methyl/N-ethyl adjacent to an activating group) is 1. The second-order valence-electron chi connectivity index (χ2n) is 5.11. The van der Waals surface area contributed by atoms with Crippen LogP contribution < -0.4 is 0 Å². The molecular formula is C15H20N2O3. The largest absolute Gasteiger partial charge is 0.452 e. The Morgan fingerprint density at radius 2 is 1.90 bits per heavy atom. The Bertz CT molecular complexity index is 455. The predicted octanol–water partition coefficient (Wildman–Crippen LogP) is 2.03. The van der Waals surface area contributed by atoms with Gasteiger partial charge in [0, 0.05) is 25.5 Å². The minimum Gasteiger partial charge on any atom is -0.452 e. The molecule has 1 saturated carbocycles. The lowest BCUT2D eigenvalue weighted by Crippen LogP contribution is -2.40. The van der Waals surface area contributed by atoms with E-state index < -0.39 is 5.97 Å². The van der Waals surface area contributed by atoms with Gasteiger partial charge in [0.05, 0.1) is 5.56 Å². The molecule has 1 aromatic heterocycles. The van der Waals surface area contributed by atoms with E-state index >= 15 is 0 Å². The van der Waals surface area contributed by atoms with Gasteiger partial charge in [0.25, 0.3) is 5.91 Å². The van der Waals surface area contributed by atoms with Gasteiger partial charge in [-0.25, -0.2) is 4.79 Å². The molecule has 2 rings (SSSR count). The topological polar surface area (TPSA) is 59.5 Å². The van der Waals surface area contributed by atoms with Gasteiger partial charge in [-0.2, -0.15) is 0 Å². The van der Waals surface area contributed by atoms with E-state index in [2.05, 4.69) is 4.98 Å². The maximum absolute atomic E-state index is 12.0. The first kappa shape index (κ1) is 14.5. The summed E-state index contributed by atoms with van der Waals surface area (Å²) in [7, 11) is 1.79. The molecule has 5 heteroatoms. The first-order chi connectivity index (χ1) is 9.68. The van der Waals surface area contributed by atoms with Crippen LogP contribution in [0.3, 0.4) is 0 Å². The van der Waals surface area contributed by atoms with Gasteiger partial charge in [0.2, 0.25) is 0 Å². The maximum atomic E-state index is 12.0. The Labute approximate surface area is 118 Å². The number of esters is 1. The van der Waals surface area contributed by atoms with E-state index in [9.17, 15) is 9.59 Å². The highest BCUT2D eigenvalue weighted by Crippen LogP contribution is 2.21. The van der Waals surface area contributed by atoms with Gasteiger partial charge >= 0.3 is 5.97 Å². The van der Waals surface area contributed by atoms with Crippen molar-refractivity contribution in [3.8, 4) is 0 Å². The van der Waals surface area contributed by atoms with Crippen molar-refractivity contribution in [2.24, 2.45) is 0 Å². The van der Waals surface area contributed by atoms with Crippen LogP contribution in [0.2, 0.25) is 0 Å². The fourth-order valence-electron chi connectivity index (χ4n) is 2.47. The van der Waals surface area contributed by atoms with Crippen LogP contribution in [0.1, 0.15) is 42.5 Å². The van der Waals surface area contributed by atoms with Gasteiger partial charge in [-0.3, -0.25) is 9.78 Å². The lowest BCUT2D eigenvalue weighted by atomic mass is 9.94. The zero-order valence-corrected chi connectivity index (χ0v) is 11.7. The molecule has 1 amide bonds. The Morgan fingerprint density at radius 3 is 2.55 bits per heavy atom. The van der Waals surface area contributed by atoms with Crippen LogP contribution in [0.15, 0.2) is 24.5 Å². The smallest absolute Gasteiger partial charge is 0.338 e. The summed E-state index contributed by atoms with van der Waals surface area (Å²) in [6.45, 7) is -0.200. The minimum atomic E-state index is -0.488. The molecule has 1 aromatic rings. The summed E-state index contributed by atoms with van der Waals surface area (Å²) in [5, 5.41) is 0. The van der Waals surface area contributed by atoms with Crippen LogP contribution in [0.4, 0.5) is 0 Å². The number of rotatable bonds is 4. The van der Waals surface area contributed by atoms with Crippen molar-refractivity contribution in [1.29, 1.82) is 0 Å². The number of pyridine rings is 1. The first-order valence-corrected chi connectivity index (χ1v) is 7.01. The third-order valence-corrected chi connectivity index (χ3v) is 3.76. The second kappa shape index (κ2) is 7.03. The molecule has 108 valence electrons. The summed E-state index contributed by atoms with van der Waals surface area (Å²) < 4.78 is 5.04. The van der Waals surface area contributed by atoms with Gasteiger partial charge < -0.3 is 9.64 Å². The number of nitrogens with zero attached hydrogens (tertiary/aromatic N) is 2. The molecule has 1 heterocycles. The highest BCUT2D eigenvalue weighted by atomic mass is 16.5. The van der Waals surface area contributed by atoms with Gasteiger partial charge in [0.15, 0.2) is 6.61 Å². The normalized spacial score (nSPS) is 15.7. The van der Waals surface area contributed by atoms with Crippen molar-refractivity contribution >= 4 is 11.9 Å². The van der Waals surface area contributed by atoms with Crippen molar-refractivity contribution in [3.63, 3.8) is 0 Å². The molecule has 0 radical (unpaired) electrons. The lowest BCUT2D eigenvalue weighted by Gasteiger charge is -2.31. The summed E-state index contributed by atoms with van der Waals surface area (Å²) in [6, 6.07) is 3.42. The van der Waals surface area contributed by atoms with Crippen LogP contribution in [0, 0.1) is 0 Å². The van der Waals surface area contributed by atoms with Crippen LogP contribution in [0.5, 0.6) is 0 Å². The molecule has 0 saturated heterocycles. The highest BCUT2D eigenvalue weighted by Gasteiger charge is 2.22. The third-order valence-electron chi connectivity index (χ3n) is 3.76. The zero-order chi connectivity index (χ0) is 14.4. The van der Waals surface area contributed by atoms with Gasteiger partial charge in [-0.15, -0.1) is 0 Å². The summed E-state index contributed by atoms with van der Waals surface area (Å²) in [5.41, 5.74) is 0.410. The summed E-state index contributed by atoms with van der Waals surface area (Å²) in [6.07, 6.45) is 8.70. The molecule has 0 bridgehead atoms. The number of hydrogen-bond acceptors (Lipinski definition) is 4. The van der Waals surface area contributed by atoms with Crippen LogP contribution in [0.25, 0.3) is 0 Å². The molecule has 0 spiro atoms. The summed E-state index contributed by atoms with van der Waals surface area (Å²) >= 11 is 0. The maximum Gasteiger partial charge on any atom is 0.338 e. The van der Waals surface area contributed by atoms with Gasteiger partial charge in [-0.05, 0) is 25.0 Å². The number of aromatic nitrogens is 1. The van der Waals surface area contributed by atoms with Crippen molar-refractivity contribution in [2.45, 2.75) is 38.1 Å². The molecule has 20 heavy (non-hydrogen) atoms. The fraction of sp³-hybridized carbons (Fsp3) is 0.533. The third kappa shape index (κ3) is 3.79. The van der Waals surface area contributed by atoms with Crippen molar-refractivity contribution < 1.29 is 14.3 Å². The monoisotopic (exact) mass is 276 g/mol. The molecule has 5 nitrogen and oxygen atoms in total. The average molecular weight is 276 g/mol. The fourth-order valence-corrected chi connectivity index (χ4v) is 2.47. The average Bonchev–Trinajstić information content (AvgIpc) is 2.53. The summed E-state index contributed by atoms with van der Waals surface area (Å²) in [4.78, 5) is 29.3. The zero-order valence-electron chi connectivity index (χ0n) is 11.7. The molecule has 1 fully saturated rings. The van der Waals surface area contributed by atoms with Crippen LogP contribution >= 0.6 is 0 Å². The van der Waals surface area contributed by atoms with Gasteiger partial charge in [0.1, 0.15) is 0 Å². The van der Waals surface area contributed by atoms with E-state index in [1.807, 2.05) is 0 Å². The van der Waals surface area contributed by atoms with Gasteiger partial charge in [-0.1, -0.05) is 19.3 Å². The molecule has 1 aliphatic rings. The first-order valence-electron chi connectivity index (χ1n) is 7.01. The Hall–Kier alpha value is -1.91. The Morgan fingerprint density at radius 1 is 1.25 bits per heavy atom. The van der Waals surface area contributed by atoms with E-state index in [0.717, 1.165) is 12.8 Å². The molecule has 0 aromatic carbocycles. The lowest BCUT2D eigenvalue weighted by molar-refractivity contribution is -0.135. The predicted molar refractivity (Wildman–Crippen MR) is 74.2 cm³/mol. The van der Waals surface area contributed by atoms with Crippen molar-refractivity contribution in [2.75, 3.05) is 13.7 Å². The molecule has 0 atom stereocenters. The number of amides is 1. The summed E-state index contributed by atoms with van der Waals surface area (Å²) in [5.74, 6) is -0.628. The molecule has 0 unspecified atom stereocenters. The highest BCUT2D eigenvalue weighted by molar-refractivity contribution is 5.91. The Balaban J connectivity index is 1.81. The van der Waals surface area contributed by atoms with Crippen LogP contribution in [-0.4, -0.2) is 41.5 Å². The number of carbonyl (C=O) groups excluding carboxylic acids is 2. The van der Waals surface area contributed by atoms with Crippen molar-refractivity contribution in [3.05, 3.63) is 30.1 Å². The molecule has 0 aliphatic heterocycles. The minimum absolute atomic E-state index is 0.140. The van der Waals surface area contributed by atoms with E-state index in [0.29, 0.717) is 5.56 Å². The van der Waals surface area contributed by atoms with Crippen LogP contribution in [-0.2, 0) is 9.53 Å². The number of ether oxygens (including phenoxy) is 1. The van der Waals surface area contributed by atoms with E-state index in [1.165, 1.54) is 31.7 Å². The van der Waals surface area contributed by atoms with E-state index in [1.54, 1.807) is 24.1 Å². The quantitative estimate of drug-likeness (QED) is 0.789.